The van der Waals surface area contributed by atoms with Crippen molar-refractivity contribution in [3.05, 3.63) is 35.4 Å². The van der Waals surface area contributed by atoms with E-state index in [-0.39, 0.29) is 30.7 Å². The molecule has 1 rings (SSSR count). The lowest BCUT2D eigenvalue weighted by atomic mass is 9.97. The number of rotatable bonds is 5. The molecule has 0 heterocycles. The van der Waals surface area contributed by atoms with E-state index in [4.69, 9.17) is 0 Å². The smallest absolute Gasteiger partial charge is 0.169 e. The van der Waals surface area contributed by atoms with Gasteiger partial charge in [-0.3, -0.25) is 4.79 Å². The molecule has 1 aromatic rings. The van der Waals surface area contributed by atoms with E-state index in [1.165, 1.54) is 0 Å². The molecule has 0 bridgehead atoms. The van der Waals surface area contributed by atoms with E-state index in [0.29, 0.717) is 12.1 Å². The molecule has 0 aliphatic rings. The zero-order valence-corrected chi connectivity index (χ0v) is 11.3. The number of aryl methyl sites for hydroxylation is 1. The molecule has 0 saturated heterocycles. The molecule has 0 fully saturated rings. The number of carbonyl (C=O) groups excluding carboxylic acids is 1. The van der Waals surface area contributed by atoms with Gasteiger partial charge < -0.3 is 10.0 Å². The van der Waals surface area contributed by atoms with E-state index in [9.17, 15) is 9.90 Å². The van der Waals surface area contributed by atoms with Gasteiger partial charge in [0.25, 0.3) is 0 Å². The highest BCUT2D eigenvalue weighted by atomic mass is 35.5. The van der Waals surface area contributed by atoms with Gasteiger partial charge in [-0.15, -0.1) is 12.4 Å². The van der Waals surface area contributed by atoms with Gasteiger partial charge in [0.2, 0.25) is 0 Å². The van der Waals surface area contributed by atoms with E-state index < -0.39 is 0 Å². The van der Waals surface area contributed by atoms with Crippen LogP contribution in [0, 0.1) is 12.8 Å². The van der Waals surface area contributed by atoms with Gasteiger partial charge in [0.1, 0.15) is 0 Å². The van der Waals surface area contributed by atoms with Crippen LogP contribution in [0.3, 0.4) is 0 Å². The maximum Gasteiger partial charge on any atom is 0.169 e. The number of carbonyl (C=O) groups is 1. The van der Waals surface area contributed by atoms with Crippen LogP contribution in [0.25, 0.3) is 0 Å². The lowest BCUT2D eigenvalue weighted by Crippen LogP contribution is -2.30. The predicted molar refractivity (Wildman–Crippen MR) is 71.9 cm³/mol. The third-order valence-corrected chi connectivity index (χ3v) is 2.51. The van der Waals surface area contributed by atoms with Crippen molar-refractivity contribution >= 4 is 18.2 Å². The minimum Gasteiger partial charge on any atom is -0.396 e. The van der Waals surface area contributed by atoms with Crippen LogP contribution in [0.4, 0.5) is 0 Å². The maximum absolute atomic E-state index is 12.0. The van der Waals surface area contributed by atoms with Crippen molar-refractivity contribution in [2.75, 3.05) is 27.2 Å². The molecule has 17 heavy (non-hydrogen) atoms. The standard InChI is InChI=1S/C13H19NO2.ClH/c1-10-4-6-11(7-5-10)13(16)12(9-15)8-14(2)3;/h4-7,12,15H,8-9H2,1-3H3;1H. The second-order valence-corrected chi connectivity index (χ2v) is 4.37. The number of benzene rings is 1. The molecule has 1 atom stereocenters. The molecule has 1 aromatic carbocycles. The molecule has 1 N–H and O–H groups in total. The number of nitrogens with zero attached hydrogens (tertiary/aromatic N) is 1. The summed E-state index contributed by atoms with van der Waals surface area (Å²) in [6, 6.07) is 7.46. The fourth-order valence-corrected chi connectivity index (χ4v) is 1.62. The predicted octanol–water partition coefficient (Wildman–Crippen LogP) is 1.77. The van der Waals surface area contributed by atoms with Crippen LogP contribution < -0.4 is 0 Å². The number of aliphatic hydroxyl groups is 1. The second kappa shape index (κ2) is 7.43. The normalized spacial score (nSPS) is 12.1. The van der Waals surface area contributed by atoms with Crippen molar-refractivity contribution in [2.24, 2.45) is 5.92 Å². The highest BCUT2D eigenvalue weighted by molar-refractivity contribution is 5.98. The molecular formula is C13H20ClNO2. The first-order valence-corrected chi connectivity index (χ1v) is 5.41. The van der Waals surface area contributed by atoms with Gasteiger partial charge in [0.15, 0.2) is 5.78 Å². The van der Waals surface area contributed by atoms with Crippen molar-refractivity contribution in [1.82, 2.24) is 4.90 Å². The van der Waals surface area contributed by atoms with Gasteiger partial charge >= 0.3 is 0 Å². The molecule has 0 saturated carbocycles. The molecule has 0 radical (unpaired) electrons. The highest BCUT2D eigenvalue weighted by Gasteiger charge is 2.19. The van der Waals surface area contributed by atoms with Gasteiger partial charge in [-0.25, -0.2) is 0 Å². The summed E-state index contributed by atoms with van der Waals surface area (Å²) in [6.45, 7) is 2.45. The summed E-state index contributed by atoms with van der Waals surface area (Å²) in [5.41, 5.74) is 1.80. The monoisotopic (exact) mass is 257 g/mol. The van der Waals surface area contributed by atoms with Crippen LogP contribution in [-0.2, 0) is 0 Å². The molecular weight excluding hydrogens is 238 g/mol. The zero-order valence-electron chi connectivity index (χ0n) is 10.5. The molecule has 0 aromatic heterocycles. The summed E-state index contributed by atoms with van der Waals surface area (Å²) in [6.07, 6.45) is 0. The van der Waals surface area contributed by atoms with Gasteiger partial charge in [0, 0.05) is 12.1 Å². The van der Waals surface area contributed by atoms with Crippen LogP contribution in [0.1, 0.15) is 15.9 Å². The van der Waals surface area contributed by atoms with Gasteiger partial charge in [-0.2, -0.15) is 0 Å². The lowest BCUT2D eigenvalue weighted by molar-refractivity contribution is 0.0826. The average Bonchev–Trinajstić information content (AvgIpc) is 2.25. The first-order valence-electron chi connectivity index (χ1n) is 5.41. The summed E-state index contributed by atoms with van der Waals surface area (Å²) >= 11 is 0. The fourth-order valence-electron chi connectivity index (χ4n) is 1.62. The molecule has 96 valence electrons. The zero-order chi connectivity index (χ0) is 12.1. The van der Waals surface area contributed by atoms with Crippen molar-refractivity contribution in [3.8, 4) is 0 Å². The molecule has 0 spiro atoms. The largest absolute Gasteiger partial charge is 0.396 e. The van der Waals surface area contributed by atoms with Crippen molar-refractivity contribution in [1.29, 1.82) is 0 Å². The molecule has 4 heteroatoms. The maximum atomic E-state index is 12.0. The van der Waals surface area contributed by atoms with E-state index in [1.54, 1.807) is 0 Å². The number of Topliss-reactive ketones (excluding diaryl/α,β-unsaturated/α-hetero) is 1. The van der Waals surface area contributed by atoms with Gasteiger partial charge in [-0.05, 0) is 21.0 Å². The quantitative estimate of drug-likeness (QED) is 0.818. The van der Waals surface area contributed by atoms with Gasteiger partial charge in [0.05, 0.1) is 12.5 Å². The van der Waals surface area contributed by atoms with E-state index in [2.05, 4.69) is 0 Å². The second-order valence-electron chi connectivity index (χ2n) is 4.37. The molecule has 3 nitrogen and oxygen atoms in total. The van der Waals surface area contributed by atoms with Crippen LogP contribution >= 0.6 is 12.4 Å². The first kappa shape index (κ1) is 16.1. The Morgan fingerprint density at radius 2 is 1.82 bits per heavy atom. The van der Waals surface area contributed by atoms with Crippen LogP contribution in [0.5, 0.6) is 0 Å². The number of aliphatic hydroxyl groups excluding tert-OH is 1. The molecule has 0 amide bonds. The number of hydrogen-bond donors (Lipinski definition) is 1. The highest BCUT2D eigenvalue weighted by Crippen LogP contribution is 2.11. The summed E-state index contributed by atoms with van der Waals surface area (Å²) < 4.78 is 0. The number of halogens is 1. The summed E-state index contributed by atoms with van der Waals surface area (Å²) in [5, 5.41) is 9.21. The molecule has 0 aliphatic heterocycles. The molecule has 0 aliphatic carbocycles. The Bertz CT molecular complexity index is 349. The van der Waals surface area contributed by atoms with Crippen LogP contribution in [0.2, 0.25) is 0 Å². The summed E-state index contributed by atoms with van der Waals surface area (Å²) in [5.74, 6) is -0.325. The Morgan fingerprint density at radius 3 is 2.24 bits per heavy atom. The van der Waals surface area contributed by atoms with Crippen molar-refractivity contribution in [2.45, 2.75) is 6.92 Å². The average molecular weight is 258 g/mol. The number of ketones is 1. The van der Waals surface area contributed by atoms with E-state index in [0.717, 1.165) is 5.56 Å². The lowest BCUT2D eigenvalue weighted by Gasteiger charge is -2.17. The van der Waals surface area contributed by atoms with Gasteiger partial charge in [-0.1, -0.05) is 29.8 Å². The minimum absolute atomic E-state index is 0. The Kier molecular flexibility index (Phi) is 7.04. The Labute approximate surface area is 109 Å². The molecule has 1 unspecified atom stereocenters. The Balaban J connectivity index is 0.00000256. The summed E-state index contributed by atoms with van der Waals surface area (Å²) in [7, 11) is 3.79. The van der Waals surface area contributed by atoms with Crippen molar-refractivity contribution < 1.29 is 9.90 Å². The summed E-state index contributed by atoms with van der Waals surface area (Å²) in [4.78, 5) is 13.9. The third-order valence-electron chi connectivity index (χ3n) is 2.51. The minimum atomic E-state index is -0.335. The third kappa shape index (κ3) is 4.86. The topological polar surface area (TPSA) is 40.5 Å². The first-order chi connectivity index (χ1) is 7.54. The fraction of sp³-hybridized carbons (Fsp3) is 0.462. The Morgan fingerprint density at radius 1 is 1.29 bits per heavy atom. The SMILES string of the molecule is Cc1ccc(C(=O)C(CO)CN(C)C)cc1.Cl. The Hall–Kier alpha value is -0.900. The van der Waals surface area contributed by atoms with E-state index >= 15 is 0 Å². The number of hydrogen-bond acceptors (Lipinski definition) is 3. The van der Waals surface area contributed by atoms with Crippen molar-refractivity contribution in [3.63, 3.8) is 0 Å². The van der Waals surface area contributed by atoms with Crippen LogP contribution in [0.15, 0.2) is 24.3 Å². The van der Waals surface area contributed by atoms with E-state index in [1.807, 2.05) is 50.2 Å². The van der Waals surface area contributed by atoms with Crippen LogP contribution in [-0.4, -0.2) is 43.0 Å².